The Hall–Kier alpha value is -1.40. The molecule has 0 bridgehead atoms. The molecule has 0 fully saturated rings. The molecule has 6 heteroatoms. The molecule has 0 saturated heterocycles. The number of thioether (sulfide) groups is 1. The normalized spacial score (nSPS) is 10.0. The minimum atomic E-state index is -0.183. The molecule has 1 aromatic carbocycles. The van der Waals surface area contributed by atoms with E-state index < -0.39 is 0 Å². The second kappa shape index (κ2) is 7.03. The van der Waals surface area contributed by atoms with E-state index >= 15 is 0 Å². The van der Waals surface area contributed by atoms with E-state index in [9.17, 15) is 4.79 Å². The summed E-state index contributed by atoms with van der Waals surface area (Å²) in [5.41, 5.74) is 8.61. The number of rotatable bonds is 6. The van der Waals surface area contributed by atoms with Crippen molar-refractivity contribution in [1.82, 2.24) is 5.43 Å². The third-order valence-corrected chi connectivity index (χ3v) is 3.12. The molecule has 0 atom stereocenters. The lowest BCUT2D eigenvalue weighted by Crippen LogP contribution is -2.30. The lowest BCUT2D eigenvalue weighted by molar-refractivity contribution is -0.120. The van der Waals surface area contributed by atoms with Crippen molar-refractivity contribution in [3.05, 3.63) is 18.2 Å². The van der Waals surface area contributed by atoms with Crippen LogP contribution in [0.5, 0.6) is 5.75 Å². The molecule has 94 valence electrons. The molecule has 5 N–H and O–H groups in total. The molecule has 0 saturated carbocycles. The first-order valence-electron chi connectivity index (χ1n) is 5.32. The summed E-state index contributed by atoms with van der Waals surface area (Å²) in [6, 6.07) is 5.51. The van der Waals surface area contributed by atoms with Crippen LogP contribution in [0.25, 0.3) is 0 Å². The van der Waals surface area contributed by atoms with Gasteiger partial charge in [-0.1, -0.05) is 0 Å². The monoisotopic (exact) mass is 255 g/mol. The molecule has 0 radical (unpaired) electrons. The standard InChI is InChI=1S/C11H17N3O2S/c1-2-16-8-3-4-9(12)10(7-8)17-6-5-11(15)14-13/h3-4,7H,2,5-6,12-13H2,1H3,(H,14,15). The van der Waals surface area contributed by atoms with Gasteiger partial charge in [0.05, 0.1) is 6.61 Å². The minimum Gasteiger partial charge on any atom is -0.494 e. The summed E-state index contributed by atoms with van der Waals surface area (Å²) >= 11 is 1.51. The summed E-state index contributed by atoms with van der Waals surface area (Å²) in [7, 11) is 0. The molecular formula is C11H17N3O2S. The fourth-order valence-corrected chi connectivity index (χ4v) is 2.16. The third kappa shape index (κ3) is 4.54. The Balaban J connectivity index is 2.56. The molecule has 0 heterocycles. The van der Waals surface area contributed by atoms with Crippen LogP contribution in [0.2, 0.25) is 0 Å². The number of amides is 1. The number of nitrogens with two attached hydrogens (primary N) is 2. The van der Waals surface area contributed by atoms with Crippen LogP contribution in [-0.2, 0) is 4.79 Å². The summed E-state index contributed by atoms with van der Waals surface area (Å²) in [6.45, 7) is 2.54. The van der Waals surface area contributed by atoms with Gasteiger partial charge in [-0.15, -0.1) is 11.8 Å². The Kier molecular flexibility index (Phi) is 5.65. The zero-order valence-electron chi connectivity index (χ0n) is 9.73. The molecule has 5 nitrogen and oxygen atoms in total. The summed E-state index contributed by atoms with van der Waals surface area (Å²) < 4.78 is 5.38. The van der Waals surface area contributed by atoms with E-state index in [-0.39, 0.29) is 5.91 Å². The topological polar surface area (TPSA) is 90.4 Å². The lowest BCUT2D eigenvalue weighted by atomic mass is 10.3. The largest absolute Gasteiger partial charge is 0.494 e. The van der Waals surface area contributed by atoms with E-state index in [1.807, 2.05) is 19.1 Å². The quantitative estimate of drug-likeness (QED) is 0.233. The van der Waals surface area contributed by atoms with Gasteiger partial charge in [0, 0.05) is 22.8 Å². The zero-order valence-corrected chi connectivity index (χ0v) is 10.5. The smallest absolute Gasteiger partial charge is 0.234 e. The first-order valence-corrected chi connectivity index (χ1v) is 6.30. The molecular weight excluding hydrogens is 238 g/mol. The summed E-state index contributed by atoms with van der Waals surface area (Å²) in [6.07, 6.45) is 0.361. The summed E-state index contributed by atoms with van der Waals surface area (Å²) in [5.74, 6) is 6.22. The number of nitrogen functional groups attached to an aromatic ring is 1. The Morgan fingerprint density at radius 2 is 2.29 bits per heavy atom. The van der Waals surface area contributed by atoms with Crippen molar-refractivity contribution in [3.63, 3.8) is 0 Å². The molecule has 0 aliphatic carbocycles. The second-order valence-electron chi connectivity index (χ2n) is 3.30. The maximum atomic E-state index is 11.0. The van der Waals surface area contributed by atoms with Gasteiger partial charge in [0.1, 0.15) is 5.75 Å². The van der Waals surface area contributed by atoms with Crippen LogP contribution < -0.4 is 21.7 Å². The number of benzene rings is 1. The van der Waals surface area contributed by atoms with Crippen LogP contribution in [0.1, 0.15) is 13.3 Å². The van der Waals surface area contributed by atoms with Crippen LogP contribution >= 0.6 is 11.8 Å². The number of hydrogen-bond acceptors (Lipinski definition) is 5. The van der Waals surface area contributed by atoms with E-state index in [2.05, 4.69) is 5.43 Å². The zero-order chi connectivity index (χ0) is 12.7. The van der Waals surface area contributed by atoms with Crippen LogP contribution in [0, 0.1) is 0 Å². The highest BCUT2D eigenvalue weighted by Crippen LogP contribution is 2.29. The van der Waals surface area contributed by atoms with Crippen molar-refractivity contribution in [2.75, 3.05) is 18.1 Å². The van der Waals surface area contributed by atoms with Crippen LogP contribution in [-0.4, -0.2) is 18.3 Å². The first kappa shape index (κ1) is 13.7. The molecule has 17 heavy (non-hydrogen) atoms. The van der Waals surface area contributed by atoms with E-state index in [1.165, 1.54) is 11.8 Å². The van der Waals surface area contributed by atoms with Gasteiger partial charge in [-0.3, -0.25) is 10.2 Å². The van der Waals surface area contributed by atoms with Gasteiger partial charge in [0.15, 0.2) is 0 Å². The first-order chi connectivity index (χ1) is 8.17. The van der Waals surface area contributed by atoms with E-state index in [1.54, 1.807) is 6.07 Å². The Morgan fingerprint density at radius 1 is 1.53 bits per heavy atom. The van der Waals surface area contributed by atoms with Crippen molar-refractivity contribution in [1.29, 1.82) is 0 Å². The highest BCUT2D eigenvalue weighted by Gasteiger charge is 2.04. The number of hydrazine groups is 1. The van der Waals surface area contributed by atoms with Crippen molar-refractivity contribution in [2.24, 2.45) is 5.84 Å². The van der Waals surface area contributed by atoms with Crippen LogP contribution in [0.4, 0.5) is 5.69 Å². The summed E-state index contributed by atoms with van der Waals surface area (Å²) in [4.78, 5) is 11.9. The van der Waals surface area contributed by atoms with E-state index in [0.717, 1.165) is 10.6 Å². The number of nitrogens with one attached hydrogen (secondary N) is 1. The maximum Gasteiger partial charge on any atom is 0.234 e. The van der Waals surface area contributed by atoms with Crippen molar-refractivity contribution < 1.29 is 9.53 Å². The fourth-order valence-electron chi connectivity index (χ4n) is 1.22. The van der Waals surface area contributed by atoms with E-state index in [0.29, 0.717) is 24.5 Å². The highest BCUT2D eigenvalue weighted by molar-refractivity contribution is 7.99. The van der Waals surface area contributed by atoms with E-state index in [4.69, 9.17) is 16.3 Å². The van der Waals surface area contributed by atoms with Gasteiger partial charge in [-0.25, -0.2) is 5.84 Å². The van der Waals surface area contributed by atoms with Gasteiger partial charge in [-0.05, 0) is 25.1 Å². The van der Waals surface area contributed by atoms with Crippen molar-refractivity contribution >= 4 is 23.4 Å². The van der Waals surface area contributed by atoms with Crippen molar-refractivity contribution in [3.8, 4) is 5.75 Å². The number of anilines is 1. The second-order valence-corrected chi connectivity index (χ2v) is 4.44. The van der Waals surface area contributed by atoms with Gasteiger partial charge in [0.2, 0.25) is 5.91 Å². The average molecular weight is 255 g/mol. The number of hydrogen-bond donors (Lipinski definition) is 3. The Labute approximate surface area is 105 Å². The minimum absolute atomic E-state index is 0.183. The highest BCUT2D eigenvalue weighted by atomic mass is 32.2. The molecule has 0 aliphatic heterocycles. The van der Waals surface area contributed by atoms with Crippen LogP contribution in [0.15, 0.2) is 23.1 Å². The SMILES string of the molecule is CCOc1ccc(N)c(SCCC(=O)NN)c1. The average Bonchev–Trinajstić information content (AvgIpc) is 2.33. The fraction of sp³-hybridized carbons (Fsp3) is 0.364. The number of carbonyl (C=O) groups is 1. The predicted octanol–water partition coefficient (Wildman–Crippen LogP) is 1.14. The van der Waals surface area contributed by atoms with Gasteiger partial charge in [0.25, 0.3) is 0 Å². The van der Waals surface area contributed by atoms with Gasteiger partial charge < -0.3 is 10.5 Å². The molecule has 1 rings (SSSR count). The molecule has 0 aliphatic rings. The Bertz CT molecular complexity index is 385. The molecule has 0 aromatic heterocycles. The molecule has 1 aromatic rings. The molecule has 1 amide bonds. The molecule has 0 unspecified atom stereocenters. The lowest BCUT2D eigenvalue weighted by Gasteiger charge is -2.08. The third-order valence-electron chi connectivity index (χ3n) is 2.04. The molecule has 0 spiro atoms. The number of carbonyl (C=O) groups excluding carboxylic acids is 1. The van der Waals surface area contributed by atoms with Crippen molar-refractivity contribution in [2.45, 2.75) is 18.2 Å². The maximum absolute atomic E-state index is 11.0. The summed E-state index contributed by atoms with van der Waals surface area (Å²) in [5, 5.41) is 0. The van der Waals surface area contributed by atoms with Crippen LogP contribution in [0.3, 0.4) is 0 Å². The van der Waals surface area contributed by atoms with Gasteiger partial charge in [-0.2, -0.15) is 0 Å². The number of ether oxygens (including phenoxy) is 1. The Morgan fingerprint density at radius 3 is 2.94 bits per heavy atom. The predicted molar refractivity (Wildman–Crippen MR) is 69.7 cm³/mol. The van der Waals surface area contributed by atoms with Gasteiger partial charge >= 0.3 is 0 Å².